The lowest BCUT2D eigenvalue weighted by molar-refractivity contribution is 0.502. The normalized spacial score (nSPS) is 14.1. The molecule has 0 radical (unpaired) electrons. The summed E-state index contributed by atoms with van der Waals surface area (Å²) in [7, 11) is 0. The molecule has 1 unspecified atom stereocenters. The first-order valence-electron chi connectivity index (χ1n) is 15.4. The van der Waals surface area contributed by atoms with E-state index < -0.39 is 0 Å². The van der Waals surface area contributed by atoms with Gasteiger partial charge in [-0.25, -0.2) is 19.9 Å². The van der Waals surface area contributed by atoms with Gasteiger partial charge in [-0.3, -0.25) is 0 Å². The summed E-state index contributed by atoms with van der Waals surface area (Å²) in [6.45, 7) is 0. The lowest BCUT2D eigenvalue weighted by atomic mass is 9.91. The molecule has 1 aliphatic rings. The Morgan fingerprint density at radius 2 is 1.15 bits per heavy atom. The zero-order valence-corrected chi connectivity index (χ0v) is 24.8. The number of nitrogens with zero attached hydrogens (tertiary/aromatic N) is 5. The predicted molar refractivity (Wildman–Crippen MR) is 182 cm³/mol. The largest absolute Gasteiger partial charge is 0.440 e. The quantitative estimate of drug-likeness (QED) is 0.199. The molecule has 0 bridgehead atoms. The molecule has 5 aromatic carbocycles. The van der Waals surface area contributed by atoms with Gasteiger partial charge < -0.3 is 8.98 Å². The Labute approximate surface area is 265 Å². The minimum Gasteiger partial charge on any atom is -0.440 e. The van der Waals surface area contributed by atoms with Crippen LogP contribution in [-0.2, 0) is 6.42 Å². The minimum absolute atomic E-state index is 0.0722. The van der Waals surface area contributed by atoms with Crippen molar-refractivity contribution in [1.82, 2.24) is 24.5 Å². The van der Waals surface area contributed by atoms with Gasteiger partial charge in [-0.1, -0.05) is 97.1 Å². The monoisotopic (exact) mass is 593 g/mol. The van der Waals surface area contributed by atoms with E-state index in [1.165, 1.54) is 22.2 Å². The van der Waals surface area contributed by atoms with Gasteiger partial charge in [0, 0.05) is 33.5 Å². The molecule has 0 N–H and O–H groups in total. The lowest BCUT2D eigenvalue weighted by Crippen LogP contribution is -2.07. The number of allylic oxidation sites excluding steroid dienone is 1. The third kappa shape index (κ3) is 4.50. The van der Waals surface area contributed by atoms with E-state index >= 15 is 0 Å². The number of benzene rings is 5. The van der Waals surface area contributed by atoms with Crippen molar-refractivity contribution in [2.45, 2.75) is 12.3 Å². The summed E-state index contributed by atoms with van der Waals surface area (Å²) in [6, 6.07) is 45.2. The van der Waals surface area contributed by atoms with E-state index in [4.69, 9.17) is 24.4 Å². The Morgan fingerprint density at radius 1 is 0.565 bits per heavy atom. The fourth-order valence-corrected chi connectivity index (χ4v) is 6.41. The van der Waals surface area contributed by atoms with E-state index in [2.05, 4.69) is 65.3 Å². The summed E-state index contributed by atoms with van der Waals surface area (Å²) in [5.74, 6) is 2.77. The second-order valence-corrected chi connectivity index (χ2v) is 11.5. The maximum Gasteiger partial charge on any atom is 0.202 e. The molecule has 3 heterocycles. The van der Waals surface area contributed by atoms with Gasteiger partial charge in [0.2, 0.25) is 5.89 Å². The molecule has 9 rings (SSSR count). The summed E-state index contributed by atoms with van der Waals surface area (Å²) < 4.78 is 8.51. The van der Waals surface area contributed by atoms with Crippen molar-refractivity contribution in [3.05, 3.63) is 157 Å². The third-order valence-electron chi connectivity index (χ3n) is 8.64. The van der Waals surface area contributed by atoms with Crippen molar-refractivity contribution in [3.63, 3.8) is 0 Å². The number of rotatable bonds is 5. The third-order valence-corrected chi connectivity index (χ3v) is 8.64. The van der Waals surface area contributed by atoms with Crippen LogP contribution >= 0.6 is 0 Å². The summed E-state index contributed by atoms with van der Waals surface area (Å²) in [6.07, 6.45) is 5.26. The zero-order chi connectivity index (χ0) is 30.5. The fraction of sp³-hybridized carbons (Fsp3) is 0.0500. The van der Waals surface area contributed by atoms with Crippen LogP contribution in [0.3, 0.4) is 0 Å². The van der Waals surface area contributed by atoms with Crippen LogP contribution in [0.4, 0.5) is 0 Å². The molecule has 0 aliphatic heterocycles. The molecule has 0 saturated heterocycles. The molecule has 218 valence electrons. The van der Waals surface area contributed by atoms with Crippen LogP contribution in [0.5, 0.6) is 0 Å². The standard InChI is InChI=1S/C40H27N5O/c1-3-11-26(12-4-1)37-42-38(27-13-5-2-6-14-27)44-39(43-37)28-19-22-30(23-20-28)45-34-17-9-7-15-31(34)32-25-29(21-24-35(32)45)40-41-33-16-8-10-18-36(33)46-40/h1-24,29H,25H2. The van der Waals surface area contributed by atoms with Crippen LogP contribution < -0.4 is 0 Å². The predicted octanol–water partition coefficient (Wildman–Crippen LogP) is 9.31. The molecular weight excluding hydrogens is 566 g/mol. The fourth-order valence-electron chi connectivity index (χ4n) is 6.41. The number of hydrogen-bond donors (Lipinski definition) is 0. The molecule has 0 spiro atoms. The second-order valence-electron chi connectivity index (χ2n) is 11.5. The van der Waals surface area contributed by atoms with Gasteiger partial charge in [-0.05, 0) is 60.5 Å². The first kappa shape index (κ1) is 26.3. The van der Waals surface area contributed by atoms with Gasteiger partial charge in [-0.2, -0.15) is 0 Å². The highest BCUT2D eigenvalue weighted by molar-refractivity contribution is 5.91. The number of fused-ring (bicyclic) bond motifs is 4. The van der Waals surface area contributed by atoms with E-state index in [-0.39, 0.29) is 5.92 Å². The van der Waals surface area contributed by atoms with Crippen LogP contribution in [0.15, 0.2) is 144 Å². The summed E-state index contributed by atoms with van der Waals surface area (Å²) in [5, 5.41) is 1.24. The molecule has 1 atom stereocenters. The molecule has 6 nitrogen and oxygen atoms in total. The molecule has 0 amide bonds. The van der Waals surface area contributed by atoms with Crippen molar-refractivity contribution >= 4 is 28.1 Å². The van der Waals surface area contributed by atoms with Gasteiger partial charge >= 0.3 is 0 Å². The smallest absolute Gasteiger partial charge is 0.202 e. The molecule has 0 fully saturated rings. The molecule has 6 heteroatoms. The van der Waals surface area contributed by atoms with Gasteiger partial charge in [0.1, 0.15) is 5.52 Å². The lowest BCUT2D eigenvalue weighted by Gasteiger charge is -2.17. The number of oxazole rings is 1. The Kier molecular flexibility index (Phi) is 6.16. The van der Waals surface area contributed by atoms with Crippen LogP contribution in [-0.4, -0.2) is 24.5 Å². The van der Waals surface area contributed by atoms with Crippen LogP contribution in [0, 0.1) is 0 Å². The van der Waals surface area contributed by atoms with Crippen LogP contribution in [0.1, 0.15) is 23.1 Å². The Balaban J connectivity index is 1.11. The van der Waals surface area contributed by atoms with Gasteiger partial charge in [-0.15, -0.1) is 0 Å². The molecule has 8 aromatic rings. The minimum atomic E-state index is 0.0722. The molecule has 46 heavy (non-hydrogen) atoms. The van der Waals surface area contributed by atoms with E-state index in [0.717, 1.165) is 45.8 Å². The van der Waals surface area contributed by atoms with Crippen molar-refractivity contribution in [2.24, 2.45) is 0 Å². The van der Waals surface area contributed by atoms with E-state index in [0.29, 0.717) is 17.5 Å². The van der Waals surface area contributed by atoms with Crippen molar-refractivity contribution in [3.8, 4) is 39.9 Å². The van der Waals surface area contributed by atoms with E-state index in [1.807, 2.05) is 84.9 Å². The van der Waals surface area contributed by atoms with E-state index in [1.54, 1.807) is 0 Å². The average Bonchev–Trinajstić information content (AvgIpc) is 3.72. The highest BCUT2D eigenvalue weighted by Crippen LogP contribution is 2.39. The van der Waals surface area contributed by atoms with Gasteiger partial charge in [0.05, 0.1) is 11.4 Å². The first-order valence-corrected chi connectivity index (χ1v) is 15.4. The van der Waals surface area contributed by atoms with Gasteiger partial charge in [0.15, 0.2) is 23.1 Å². The number of para-hydroxylation sites is 3. The Hall–Kier alpha value is -6.14. The summed E-state index contributed by atoms with van der Waals surface area (Å²) >= 11 is 0. The first-order chi connectivity index (χ1) is 22.8. The highest BCUT2D eigenvalue weighted by atomic mass is 16.3. The van der Waals surface area contributed by atoms with Crippen molar-refractivity contribution in [1.29, 1.82) is 0 Å². The molecule has 3 aromatic heterocycles. The molecule has 0 saturated carbocycles. The number of aromatic nitrogens is 5. The highest BCUT2D eigenvalue weighted by Gasteiger charge is 2.26. The summed E-state index contributed by atoms with van der Waals surface area (Å²) in [4.78, 5) is 19.5. The second kappa shape index (κ2) is 10.8. The van der Waals surface area contributed by atoms with E-state index in [9.17, 15) is 0 Å². The Bertz CT molecular complexity index is 2300. The SMILES string of the molecule is C1=CC(c2nc3ccccc3o2)Cc2c1n(-c1ccc(-c3nc(-c4ccccc4)nc(-c4ccccc4)n3)cc1)c1ccccc21. The maximum atomic E-state index is 6.17. The Morgan fingerprint density at radius 3 is 1.83 bits per heavy atom. The van der Waals surface area contributed by atoms with Crippen molar-refractivity contribution in [2.75, 3.05) is 0 Å². The maximum absolute atomic E-state index is 6.17. The summed E-state index contributed by atoms with van der Waals surface area (Å²) in [5.41, 5.74) is 9.27. The zero-order valence-electron chi connectivity index (χ0n) is 24.8. The average molecular weight is 594 g/mol. The van der Waals surface area contributed by atoms with Crippen LogP contribution in [0.2, 0.25) is 0 Å². The topological polar surface area (TPSA) is 69.6 Å². The van der Waals surface area contributed by atoms with Crippen molar-refractivity contribution < 1.29 is 4.42 Å². The van der Waals surface area contributed by atoms with Crippen LogP contribution in [0.25, 0.3) is 67.9 Å². The van der Waals surface area contributed by atoms with Gasteiger partial charge in [0.25, 0.3) is 0 Å². The number of hydrogen-bond acceptors (Lipinski definition) is 5. The molecular formula is C40H27N5O. The molecule has 1 aliphatic carbocycles.